The quantitative estimate of drug-likeness (QED) is 0.0769. The monoisotopic (exact) mass is 1060 g/mol. The van der Waals surface area contributed by atoms with E-state index in [1.165, 1.54) is 0 Å². The van der Waals surface area contributed by atoms with Gasteiger partial charge < -0.3 is 20.4 Å². The van der Waals surface area contributed by atoms with Crippen molar-refractivity contribution in [2.45, 2.75) is 13.8 Å². The summed E-state index contributed by atoms with van der Waals surface area (Å²) in [6, 6.07) is 90.8. The predicted octanol–water partition coefficient (Wildman–Crippen LogP) is 11.2. The fourth-order valence-electron chi connectivity index (χ4n) is 12.2. The van der Waals surface area contributed by atoms with Crippen molar-refractivity contribution in [3.05, 3.63) is 278 Å². The maximum Gasteiger partial charge on any atom is 0.183 e. The predicted molar refractivity (Wildman–Crippen MR) is 321 cm³/mol. The minimum Gasteiger partial charge on any atom is -0.507 e. The van der Waals surface area contributed by atoms with Crippen molar-refractivity contribution in [2.24, 2.45) is 0 Å². The van der Waals surface area contributed by atoms with Gasteiger partial charge in [-0.3, -0.25) is 0 Å². The van der Waals surface area contributed by atoms with Gasteiger partial charge in [0.05, 0.1) is 0 Å². The largest absolute Gasteiger partial charge is 0.507 e. The van der Waals surface area contributed by atoms with Crippen LogP contribution in [0.15, 0.2) is 267 Å². The van der Waals surface area contributed by atoms with Crippen LogP contribution in [0.5, 0.6) is 23.0 Å². The number of benzene rings is 12. The molecule has 0 saturated carbocycles. The van der Waals surface area contributed by atoms with Crippen LogP contribution in [-0.2, 0) is 21.7 Å². The summed E-state index contributed by atoms with van der Waals surface area (Å²) >= 11 is 0. The van der Waals surface area contributed by atoms with E-state index in [0.717, 1.165) is 63.4 Å². The van der Waals surface area contributed by atoms with E-state index in [-0.39, 0.29) is 44.7 Å². The fourth-order valence-corrected chi connectivity index (χ4v) is 22.1. The number of phenols is 4. The van der Waals surface area contributed by atoms with Gasteiger partial charge in [0.2, 0.25) is 0 Å². The van der Waals surface area contributed by atoms with Crippen molar-refractivity contribution >= 4 is 79.2 Å². The summed E-state index contributed by atoms with van der Waals surface area (Å²) in [7, 11) is -6.53. The third-order valence-corrected chi connectivity index (χ3v) is 25.0. The van der Waals surface area contributed by atoms with Gasteiger partial charge in [0.15, 0.2) is 16.1 Å². The van der Waals surface area contributed by atoms with E-state index in [0.29, 0.717) is 44.2 Å². The van der Waals surface area contributed by atoms with Crippen molar-refractivity contribution in [1.82, 2.24) is 0 Å². The average molecular weight is 1060 g/mol. The van der Waals surface area contributed by atoms with Crippen LogP contribution in [0.3, 0.4) is 0 Å². The molecule has 0 bridgehead atoms. The van der Waals surface area contributed by atoms with Gasteiger partial charge in [-0.1, -0.05) is 254 Å². The zero-order valence-electron chi connectivity index (χ0n) is 42.7. The minimum absolute atomic E-state index is 0. The van der Waals surface area contributed by atoms with Crippen molar-refractivity contribution in [3.8, 4) is 56.4 Å². The Labute approximate surface area is 466 Å². The second-order valence-corrected chi connectivity index (χ2v) is 27.4. The summed E-state index contributed by atoms with van der Waals surface area (Å²) in [5.41, 5.74) is 4.46. The van der Waals surface area contributed by atoms with Gasteiger partial charge in [-0.2, -0.15) is 0 Å². The molecule has 0 spiro atoms. The second-order valence-electron chi connectivity index (χ2n) is 19.9. The minimum atomic E-state index is -3.27. The molecule has 0 fully saturated rings. The number of rotatable bonds is 11. The molecule has 4 nitrogen and oxygen atoms in total. The number of aryl methyl sites for hydroxylation is 2. The number of fused-ring (bicyclic) bond motifs is 2. The van der Waals surface area contributed by atoms with Crippen LogP contribution >= 0.6 is 0 Å². The number of aromatic hydroxyl groups is 4. The summed E-state index contributed by atoms with van der Waals surface area (Å²) in [5, 5.41) is 64.6. The molecule has 0 unspecified atom stereocenters. The van der Waals surface area contributed by atoms with Gasteiger partial charge in [-0.15, -0.1) is 0 Å². The summed E-state index contributed by atoms with van der Waals surface area (Å²) < 4.78 is 0. The number of phenolic OH excluding ortho intramolecular Hbond substituents is 4. The third kappa shape index (κ3) is 8.42. The molecular weight excluding hydrogens is 1010 g/mol. The van der Waals surface area contributed by atoms with E-state index in [9.17, 15) is 20.4 Å². The average Bonchev–Trinajstić information content (AvgIpc) is 3.66. The molecule has 0 aliphatic rings. The molecular formula is C70H54O4Si2Ti. The van der Waals surface area contributed by atoms with Gasteiger partial charge in [0.25, 0.3) is 0 Å². The number of hydrogen-bond donors (Lipinski definition) is 4. The molecule has 12 rings (SSSR count). The molecule has 0 radical (unpaired) electrons. The van der Waals surface area contributed by atoms with Gasteiger partial charge >= 0.3 is 0 Å². The topological polar surface area (TPSA) is 80.9 Å². The Morgan fingerprint density at radius 1 is 0.260 bits per heavy atom. The van der Waals surface area contributed by atoms with Crippen molar-refractivity contribution in [3.63, 3.8) is 0 Å². The van der Waals surface area contributed by atoms with Crippen LogP contribution in [0.4, 0.5) is 0 Å². The first kappa shape index (κ1) is 50.7. The van der Waals surface area contributed by atoms with Crippen LogP contribution in [0.1, 0.15) is 11.1 Å². The molecule has 7 heteroatoms. The van der Waals surface area contributed by atoms with E-state index >= 15 is 0 Å². The summed E-state index contributed by atoms with van der Waals surface area (Å²) in [5.74, 6) is -0.0266. The molecule has 4 N–H and O–H groups in total. The van der Waals surface area contributed by atoms with Crippen LogP contribution in [0.25, 0.3) is 54.9 Å². The molecule has 77 heavy (non-hydrogen) atoms. The van der Waals surface area contributed by atoms with Crippen molar-refractivity contribution < 1.29 is 42.1 Å². The van der Waals surface area contributed by atoms with Crippen LogP contribution in [-0.4, -0.2) is 36.6 Å². The Balaban J connectivity index is 0.00000631. The SMILES string of the molecule is Cc1cc(-c2cc3ccccc3c(-c3c(O)c(-c4cc(C)cc([Si](c5ccccc5)(c5ccccc5)c5ccccc5)c4O)cc4ccccc34)c2O)c(O)c([Si](c2ccccc2)(c2ccccc2)c2ccccc2)c1.[Ti]. The second kappa shape index (κ2) is 20.9. The molecule has 0 heterocycles. The van der Waals surface area contributed by atoms with Crippen LogP contribution in [0, 0.1) is 13.8 Å². The first-order valence-corrected chi connectivity index (χ1v) is 29.7. The van der Waals surface area contributed by atoms with Gasteiger partial charge in [0.1, 0.15) is 23.0 Å². The summed E-state index contributed by atoms with van der Waals surface area (Å²) in [6.07, 6.45) is 0. The Morgan fingerprint density at radius 2 is 0.494 bits per heavy atom. The molecule has 0 amide bonds. The van der Waals surface area contributed by atoms with Gasteiger partial charge in [-0.05, 0) is 101 Å². The standard InChI is InChI=1S/C70H54O4Si2.Ti/c1-47-41-59(67(71)63(43-47)75(51-27-9-3-10-28-51,52-29-11-4-12-30-52)53-31-13-5-14-32-53)61-45-49-25-21-23-39-57(49)65(69(61)73)66-58-40-24-22-26-50(58)46-62(70(66)74)60-42-48(2)44-64(68(60)72)76(54-33-15-6-16-34-54,55-35-17-7-18-36-55)56-37-19-8-20-38-56;/h3-46,71-74H,1-2H3;. The van der Waals surface area contributed by atoms with Crippen molar-refractivity contribution in [1.29, 1.82) is 0 Å². The van der Waals surface area contributed by atoms with E-state index in [4.69, 9.17) is 0 Å². The zero-order valence-corrected chi connectivity index (χ0v) is 46.3. The summed E-state index contributed by atoms with van der Waals surface area (Å²) in [6.45, 7) is 4.09. The third-order valence-electron chi connectivity index (χ3n) is 15.4. The van der Waals surface area contributed by atoms with E-state index in [2.05, 4.69) is 158 Å². The maximum absolute atomic E-state index is 13.4. The molecule has 0 aromatic heterocycles. The first-order chi connectivity index (χ1) is 37.2. The molecule has 0 aliphatic heterocycles. The van der Waals surface area contributed by atoms with Crippen LogP contribution < -0.4 is 41.5 Å². The molecule has 0 saturated heterocycles. The number of hydrogen-bond acceptors (Lipinski definition) is 4. The van der Waals surface area contributed by atoms with Crippen LogP contribution in [0.2, 0.25) is 0 Å². The zero-order chi connectivity index (χ0) is 52.0. The normalized spacial score (nSPS) is 11.6. The van der Waals surface area contributed by atoms with E-state index in [1.54, 1.807) is 0 Å². The van der Waals surface area contributed by atoms with Gasteiger partial charge in [0, 0.05) is 55.1 Å². The van der Waals surface area contributed by atoms with E-state index in [1.807, 2.05) is 123 Å². The molecule has 12 aromatic carbocycles. The Hall–Kier alpha value is -8.49. The Kier molecular flexibility index (Phi) is 13.8. The molecule has 0 aliphatic carbocycles. The van der Waals surface area contributed by atoms with E-state index < -0.39 is 16.1 Å². The fraction of sp³-hybridized carbons (Fsp3) is 0.0286. The van der Waals surface area contributed by atoms with Gasteiger partial charge in [-0.25, -0.2) is 0 Å². The molecule has 0 atom stereocenters. The summed E-state index contributed by atoms with van der Waals surface area (Å²) in [4.78, 5) is 0. The molecule has 370 valence electrons. The van der Waals surface area contributed by atoms with Crippen molar-refractivity contribution in [2.75, 3.05) is 0 Å². The smallest absolute Gasteiger partial charge is 0.183 e. The maximum atomic E-state index is 13.4. The Bertz CT molecular complexity index is 3640. The Morgan fingerprint density at radius 3 is 0.766 bits per heavy atom. The first-order valence-electron chi connectivity index (χ1n) is 25.7. The molecule has 12 aromatic rings.